The minimum absolute atomic E-state index is 0.318. The predicted molar refractivity (Wildman–Crippen MR) is 53.9 cm³/mol. The molecule has 2 N–H and O–H groups in total. The van der Waals surface area contributed by atoms with E-state index in [-0.39, 0.29) is 5.97 Å². The van der Waals surface area contributed by atoms with Gasteiger partial charge in [-0.1, -0.05) is 13.8 Å². The zero-order chi connectivity index (χ0) is 9.84. The van der Waals surface area contributed by atoms with Crippen molar-refractivity contribution in [2.75, 3.05) is 12.3 Å². The number of esters is 1. The standard InChI is InChI=1S/C9H13NO2S/c1-6(2)5-12-9(11)8-7(10)3-4-13-8/h3-4,6H,5,10H2,1-2H3. The van der Waals surface area contributed by atoms with Gasteiger partial charge in [0.15, 0.2) is 0 Å². The molecule has 0 aliphatic heterocycles. The van der Waals surface area contributed by atoms with Crippen molar-refractivity contribution in [2.24, 2.45) is 5.92 Å². The molecule has 13 heavy (non-hydrogen) atoms. The Morgan fingerprint density at radius 2 is 2.38 bits per heavy atom. The lowest BCUT2D eigenvalue weighted by Gasteiger charge is -2.05. The molecule has 72 valence electrons. The van der Waals surface area contributed by atoms with Gasteiger partial charge in [-0.3, -0.25) is 0 Å². The third-order valence-corrected chi connectivity index (χ3v) is 2.34. The highest BCUT2D eigenvalue weighted by molar-refractivity contribution is 7.12. The fourth-order valence-electron chi connectivity index (χ4n) is 0.793. The number of carbonyl (C=O) groups is 1. The topological polar surface area (TPSA) is 52.3 Å². The number of nitrogens with two attached hydrogens (primary N) is 1. The van der Waals surface area contributed by atoms with Gasteiger partial charge in [-0.15, -0.1) is 11.3 Å². The van der Waals surface area contributed by atoms with Gasteiger partial charge in [-0.2, -0.15) is 0 Å². The molecule has 1 rings (SSSR count). The Bertz CT molecular complexity index is 294. The number of ether oxygens (including phenoxy) is 1. The summed E-state index contributed by atoms with van der Waals surface area (Å²) in [7, 11) is 0. The molecule has 0 saturated carbocycles. The van der Waals surface area contributed by atoms with Gasteiger partial charge in [0, 0.05) is 0 Å². The van der Waals surface area contributed by atoms with Gasteiger partial charge in [0.2, 0.25) is 0 Å². The Morgan fingerprint density at radius 3 is 2.85 bits per heavy atom. The quantitative estimate of drug-likeness (QED) is 0.759. The Kier molecular flexibility index (Phi) is 3.31. The van der Waals surface area contributed by atoms with Gasteiger partial charge >= 0.3 is 5.97 Å². The van der Waals surface area contributed by atoms with Crippen LogP contribution in [0.2, 0.25) is 0 Å². The Balaban J connectivity index is 2.54. The van der Waals surface area contributed by atoms with Crippen molar-refractivity contribution in [1.29, 1.82) is 0 Å². The number of thiophene rings is 1. The first-order valence-electron chi connectivity index (χ1n) is 4.11. The predicted octanol–water partition coefficient (Wildman–Crippen LogP) is 2.14. The van der Waals surface area contributed by atoms with E-state index in [1.807, 2.05) is 13.8 Å². The zero-order valence-corrected chi connectivity index (χ0v) is 8.56. The highest BCUT2D eigenvalue weighted by atomic mass is 32.1. The second-order valence-electron chi connectivity index (χ2n) is 3.20. The van der Waals surface area contributed by atoms with E-state index in [1.54, 1.807) is 11.4 Å². The molecule has 4 heteroatoms. The fraction of sp³-hybridized carbons (Fsp3) is 0.444. The SMILES string of the molecule is CC(C)COC(=O)c1sccc1N. The van der Waals surface area contributed by atoms with Crippen LogP contribution in [0, 0.1) is 5.92 Å². The molecule has 0 saturated heterocycles. The average Bonchev–Trinajstić information content (AvgIpc) is 2.47. The monoisotopic (exact) mass is 199 g/mol. The number of carbonyl (C=O) groups excluding carboxylic acids is 1. The lowest BCUT2D eigenvalue weighted by atomic mass is 10.2. The molecule has 1 aromatic heterocycles. The number of hydrogen-bond donors (Lipinski definition) is 1. The van der Waals surface area contributed by atoms with Gasteiger partial charge in [0.25, 0.3) is 0 Å². The van der Waals surface area contributed by atoms with E-state index in [0.29, 0.717) is 23.1 Å². The average molecular weight is 199 g/mol. The summed E-state index contributed by atoms with van der Waals surface area (Å²) in [6, 6.07) is 1.70. The third-order valence-electron chi connectivity index (χ3n) is 1.43. The minimum Gasteiger partial charge on any atom is -0.461 e. The summed E-state index contributed by atoms with van der Waals surface area (Å²) >= 11 is 1.31. The van der Waals surface area contributed by atoms with Crippen molar-refractivity contribution in [3.05, 3.63) is 16.3 Å². The van der Waals surface area contributed by atoms with Crippen LogP contribution in [0.3, 0.4) is 0 Å². The smallest absolute Gasteiger partial charge is 0.350 e. The van der Waals surface area contributed by atoms with Gasteiger partial charge in [-0.25, -0.2) is 4.79 Å². The molecule has 0 aliphatic rings. The molecule has 0 aliphatic carbocycles. The van der Waals surface area contributed by atoms with Crippen LogP contribution in [0.25, 0.3) is 0 Å². The van der Waals surface area contributed by atoms with Crippen LogP contribution in [-0.2, 0) is 4.74 Å². The summed E-state index contributed by atoms with van der Waals surface area (Å²) in [5, 5.41) is 1.78. The molecular weight excluding hydrogens is 186 g/mol. The van der Waals surface area contributed by atoms with E-state index < -0.39 is 0 Å². The summed E-state index contributed by atoms with van der Waals surface area (Å²) in [5.41, 5.74) is 6.06. The molecule has 1 heterocycles. The molecule has 0 fully saturated rings. The minimum atomic E-state index is -0.318. The number of rotatable bonds is 3. The summed E-state index contributed by atoms with van der Waals surface area (Å²) in [6.45, 7) is 4.42. The molecule has 1 aromatic rings. The third kappa shape index (κ3) is 2.73. The lowest BCUT2D eigenvalue weighted by Crippen LogP contribution is -2.10. The van der Waals surface area contributed by atoms with Crippen LogP contribution < -0.4 is 5.73 Å². The summed E-state index contributed by atoms with van der Waals surface area (Å²) < 4.78 is 5.02. The van der Waals surface area contributed by atoms with E-state index in [2.05, 4.69) is 0 Å². The molecular formula is C9H13NO2S. The Hall–Kier alpha value is -1.03. The van der Waals surface area contributed by atoms with Crippen molar-refractivity contribution in [1.82, 2.24) is 0 Å². The van der Waals surface area contributed by atoms with E-state index >= 15 is 0 Å². The van der Waals surface area contributed by atoms with Crippen LogP contribution in [0.1, 0.15) is 23.5 Å². The number of nitrogen functional groups attached to an aromatic ring is 1. The first kappa shape index (κ1) is 10.1. The molecule has 0 aromatic carbocycles. The van der Waals surface area contributed by atoms with Crippen LogP contribution >= 0.6 is 11.3 Å². The summed E-state index contributed by atoms with van der Waals surface area (Å²) in [6.07, 6.45) is 0. The highest BCUT2D eigenvalue weighted by Gasteiger charge is 2.12. The first-order valence-corrected chi connectivity index (χ1v) is 4.99. The molecule has 3 nitrogen and oxygen atoms in total. The van der Waals surface area contributed by atoms with Crippen molar-refractivity contribution in [3.63, 3.8) is 0 Å². The highest BCUT2D eigenvalue weighted by Crippen LogP contribution is 2.19. The van der Waals surface area contributed by atoms with E-state index in [0.717, 1.165) is 0 Å². The number of anilines is 1. The molecule has 0 bridgehead atoms. The Labute approximate surface area is 81.5 Å². The van der Waals surface area contributed by atoms with E-state index in [4.69, 9.17) is 10.5 Å². The molecule has 0 amide bonds. The maximum absolute atomic E-state index is 11.3. The summed E-state index contributed by atoms with van der Waals surface area (Å²) in [5.74, 6) is 0.0336. The van der Waals surface area contributed by atoms with Crippen molar-refractivity contribution < 1.29 is 9.53 Å². The zero-order valence-electron chi connectivity index (χ0n) is 7.74. The van der Waals surface area contributed by atoms with Gasteiger partial charge in [0.1, 0.15) is 4.88 Å². The lowest BCUT2D eigenvalue weighted by molar-refractivity contribution is 0.0466. The maximum Gasteiger partial charge on any atom is 0.350 e. The number of hydrogen-bond acceptors (Lipinski definition) is 4. The van der Waals surface area contributed by atoms with Gasteiger partial charge in [-0.05, 0) is 17.4 Å². The second-order valence-corrected chi connectivity index (χ2v) is 4.11. The molecule has 0 spiro atoms. The molecule has 0 atom stereocenters. The van der Waals surface area contributed by atoms with Crippen molar-refractivity contribution >= 4 is 23.0 Å². The van der Waals surface area contributed by atoms with Crippen LogP contribution in [-0.4, -0.2) is 12.6 Å². The second kappa shape index (κ2) is 4.28. The van der Waals surface area contributed by atoms with Crippen molar-refractivity contribution in [2.45, 2.75) is 13.8 Å². The fourth-order valence-corrected chi connectivity index (χ4v) is 1.50. The Morgan fingerprint density at radius 1 is 1.69 bits per heavy atom. The molecule has 0 radical (unpaired) electrons. The van der Waals surface area contributed by atoms with E-state index in [9.17, 15) is 4.79 Å². The molecule has 0 unspecified atom stereocenters. The van der Waals surface area contributed by atoms with Crippen LogP contribution in [0.5, 0.6) is 0 Å². The van der Waals surface area contributed by atoms with Gasteiger partial charge in [0.05, 0.1) is 12.3 Å². The van der Waals surface area contributed by atoms with Crippen LogP contribution in [0.4, 0.5) is 5.69 Å². The van der Waals surface area contributed by atoms with Crippen molar-refractivity contribution in [3.8, 4) is 0 Å². The normalized spacial score (nSPS) is 10.4. The first-order chi connectivity index (χ1) is 6.11. The summed E-state index contributed by atoms with van der Waals surface area (Å²) in [4.78, 5) is 11.8. The van der Waals surface area contributed by atoms with Crippen LogP contribution in [0.15, 0.2) is 11.4 Å². The maximum atomic E-state index is 11.3. The largest absolute Gasteiger partial charge is 0.461 e. The van der Waals surface area contributed by atoms with Gasteiger partial charge < -0.3 is 10.5 Å². The van der Waals surface area contributed by atoms with E-state index in [1.165, 1.54) is 11.3 Å².